The Balaban J connectivity index is 1.15. The number of likely N-dealkylation sites (tertiary alicyclic amines) is 2. The summed E-state index contributed by atoms with van der Waals surface area (Å²) in [5.41, 5.74) is 0.821. The lowest BCUT2D eigenvalue weighted by Crippen LogP contribution is -2.41. The first-order valence-electron chi connectivity index (χ1n) is 11.5. The highest BCUT2D eigenvalue weighted by Gasteiger charge is 2.25. The van der Waals surface area contributed by atoms with Gasteiger partial charge < -0.3 is 14.6 Å². The number of nitrogens with zero attached hydrogens (tertiary/aromatic N) is 4. The fourth-order valence-electron chi connectivity index (χ4n) is 4.44. The minimum Gasteiger partial charge on any atom is -0.419 e. The molecule has 2 aliphatic heterocycles. The summed E-state index contributed by atoms with van der Waals surface area (Å²) in [6.45, 7) is 6.64. The Kier molecular flexibility index (Phi) is 7.94. The standard InChI is InChI=1S/C23H32ClN5O2/c24-20-7-4-6-19(16-20)23-27-26-21(31-23)17-29-14-8-18(9-15-29)22(30)25-10-5-13-28-11-2-1-3-12-28/h4,6-7,16,18H,1-3,5,8-15,17H2,(H,25,30). The van der Waals surface area contributed by atoms with Crippen molar-refractivity contribution >= 4 is 17.5 Å². The van der Waals surface area contributed by atoms with Crippen molar-refractivity contribution in [2.45, 2.75) is 45.1 Å². The van der Waals surface area contributed by atoms with Crippen LogP contribution in [0.15, 0.2) is 28.7 Å². The molecule has 0 bridgehead atoms. The van der Waals surface area contributed by atoms with Crippen LogP contribution >= 0.6 is 11.6 Å². The average Bonchev–Trinajstić information content (AvgIpc) is 3.26. The molecule has 1 aromatic carbocycles. The van der Waals surface area contributed by atoms with E-state index in [1.54, 1.807) is 0 Å². The second-order valence-corrected chi connectivity index (χ2v) is 9.05. The summed E-state index contributed by atoms with van der Waals surface area (Å²) in [4.78, 5) is 17.3. The molecular weight excluding hydrogens is 414 g/mol. The fourth-order valence-corrected chi connectivity index (χ4v) is 4.63. The number of hydrogen-bond acceptors (Lipinski definition) is 6. The van der Waals surface area contributed by atoms with E-state index in [1.807, 2.05) is 24.3 Å². The Hall–Kier alpha value is -1.96. The number of carbonyl (C=O) groups excluding carboxylic acids is 1. The maximum absolute atomic E-state index is 12.5. The smallest absolute Gasteiger partial charge is 0.247 e. The lowest BCUT2D eigenvalue weighted by atomic mass is 9.96. The summed E-state index contributed by atoms with van der Waals surface area (Å²) in [6.07, 6.45) is 6.77. The zero-order valence-corrected chi connectivity index (χ0v) is 18.8. The number of rotatable bonds is 8. The molecule has 1 aromatic heterocycles. The molecule has 0 spiro atoms. The van der Waals surface area contributed by atoms with Crippen molar-refractivity contribution in [1.82, 2.24) is 25.3 Å². The van der Waals surface area contributed by atoms with Crippen molar-refractivity contribution in [2.75, 3.05) is 39.3 Å². The van der Waals surface area contributed by atoms with Gasteiger partial charge in [-0.25, -0.2) is 0 Å². The van der Waals surface area contributed by atoms with Gasteiger partial charge >= 0.3 is 0 Å². The van der Waals surface area contributed by atoms with Gasteiger partial charge in [0.1, 0.15) is 0 Å². The fraction of sp³-hybridized carbons (Fsp3) is 0.609. The number of piperidine rings is 2. The molecule has 2 saturated heterocycles. The van der Waals surface area contributed by atoms with Crippen LogP contribution in [-0.4, -0.2) is 65.2 Å². The van der Waals surface area contributed by atoms with E-state index in [-0.39, 0.29) is 11.8 Å². The molecule has 0 unspecified atom stereocenters. The normalized spacial score (nSPS) is 18.9. The van der Waals surface area contributed by atoms with Crippen molar-refractivity contribution in [3.8, 4) is 11.5 Å². The van der Waals surface area contributed by atoms with Crippen molar-refractivity contribution in [3.05, 3.63) is 35.2 Å². The number of nitrogens with one attached hydrogen (secondary N) is 1. The van der Waals surface area contributed by atoms with Crippen LogP contribution in [0.3, 0.4) is 0 Å². The number of amides is 1. The van der Waals surface area contributed by atoms with Gasteiger partial charge in [0, 0.05) is 23.0 Å². The third kappa shape index (κ3) is 6.51. The quantitative estimate of drug-likeness (QED) is 0.626. The monoisotopic (exact) mass is 445 g/mol. The topological polar surface area (TPSA) is 74.5 Å². The van der Waals surface area contributed by atoms with E-state index < -0.39 is 0 Å². The maximum atomic E-state index is 12.5. The number of carbonyl (C=O) groups is 1. The zero-order chi connectivity index (χ0) is 21.5. The summed E-state index contributed by atoms with van der Waals surface area (Å²) in [7, 11) is 0. The highest BCUT2D eigenvalue weighted by Crippen LogP contribution is 2.23. The average molecular weight is 446 g/mol. The number of halogens is 1. The van der Waals surface area contributed by atoms with Crippen molar-refractivity contribution < 1.29 is 9.21 Å². The third-order valence-corrected chi connectivity index (χ3v) is 6.49. The molecule has 168 valence electrons. The molecule has 0 radical (unpaired) electrons. The molecular formula is C23H32ClN5O2. The predicted molar refractivity (Wildman–Crippen MR) is 121 cm³/mol. The minimum atomic E-state index is 0.107. The maximum Gasteiger partial charge on any atom is 0.247 e. The van der Waals surface area contributed by atoms with Gasteiger partial charge in [0.2, 0.25) is 17.7 Å². The SMILES string of the molecule is O=C(NCCCN1CCCCC1)C1CCN(Cc2nnc(-c3cccc(Cl)c3)o2)CC1. The van der Waals surface area contributed by atoms with E-state index in [1.165, 1.54) is 32.4 Å². The Bertz CT molecular complexity index is 844. The van der Waals surface area contributed by atoms with Crippen molar-refractivity contribution in [2.24, 2.45) is 5.92 Å². The van der Waals surface area contributed by atoms with Crippen molar-refractivity contribution in [1.29, 1.82) is 0 Å². The lowest BCUT2D eigenvalue weighted by molar-refractivity contribution is -0.126. The summed E-state index contributed by atoms with van der Waals surface area (Å²) >= 11 is 6.04. The largest absolute Gasteiger partial charge is 0.419 e. The minimum absolute atomic E-state index is 0.107. The van der Waals surface area contributed by atoms with Gasteiger partial charge in [-0.3, -0.25) is 9.69 Å². The molecule has 0 atom stereocenters. The summed E-state index contributed by atoms with van der Waals surface area (Å²) < 4.78 is 5.81. The second kappa shape index (κ2) is 11.1. The van der Waals surface area contributed by atoms with E-state index in [9.17, 15) is 4.79 Å². The summed E-state index contributed by atoms with van der Waals surface area (Å²) in [6, 6.07) is 7.40. The van der Waals surface area contributed by atoms with Gasteiger partial charge in [0.05, 0.1) is 6.54 Å². The lowest BCUT2D eigenvalue weighted by Gasteiger charge is -2.30. The van der Waals surface area contributed by atoms with Gasteiger partial charge in [-0.2, -0.15) is 0 Å². The van der Waals surface area contributed by atoms with Crippen LogP contribution in [-0.2, 0) is 11.3 Å². The Labute approximate surface area is 189 Å². The van der Waals surface area contributed by atoms with Gasteiger partial charge in [-0.15, -0.1) is 10.2 Å². The van der Waals surface area contributed by atoms with Gasteiger partial charge in [-0.1, -0.05) is 24.1 Å². The van der Waals surface area contributed by atoms with E-state index in [0.717, 1.165) is 51.0 Å². The first kappa shape index (κ1) is 22.2. The molecule has 7 nitrogen and oxygen atoms in total. The van der Waals surface area contributed by atoms with Crippen LogP contribution in [0.1, 0.15) is 44.4 Å². The Morgan fingerprint density at radius 1 is 1.10 bits per heavy atom. The number of aromatic nitrogens is 2. The van der Waals surface area contributed by atoms with Gasteiger partial charge in [-0.05, 0) is 83.0 Å². The molecule has 2 aliphatic rings. The highest BCUT2D eigenvalue weighted by molar-refractivity contribution is 6.30. The molecule has 3 heterocycles. The molecule has 0 aliphatic carbocycles. The van der Waals surface area contributed by atoms with Gasteiger partial charge in [0.25, 0.3) is 0 Å². The highest BCUT2D eigenvalue weighted by atomic mass is 35.5. The van der Waals surface area contributed by atoms with E-state index in [2.05, 4.69) is 25.3 Å². The Morgan fingerprint density at radius 3 is 2.68 bits per heavy atom. The summed E-state index contributed by atoms with van der Waals surface area (Å²) in [5, 5.41) is 12.1. The van der Waals surface area contributed by atoms with Crippen LogP contribution in [0.25, 0.3) is 11.5 Å². The molecule has 1 amide bonds. The van der Waals surface area contributed by atoms with Crippen LogP contribution in [0, 0.1) is 5.92 Å². The third-order valence-electron chi connectivity index (χ3n) is 6.25. The van der Waals surface area contributed by atoms with E-state index >= 15 is 0 Å². The van der Waals surface area contributed by atoms with E-state index in [0.29, 0.717) is 23.3 Å². The van der Waals surface area contributed by atoms with Crippen LogP contribution < -0.4 is 5.32 Å². The molecule has 8 heteroatoms. The van der Waals surface area contributed by atoms with Gasteiger partial charge in [0.15, 0.2) is 0 Å². The molecule has 31 heavy (non-hydrogen) atoms. The van der Waals surface area contributed by atoms with Crippen LogP contribution in [0.2, 0.25) is 5.02 Å². The molecule has 4 rings (SSSR count). The molecule has 0 saturated carbocycles. The first-order valence-corrected chi connectivity index (χ1v) is 11.9. The summed E-state index contributed by atoms with van der Waals surface area (Å²) in [5.74, 6) is 1.39. The van der Waals surface area contributed by atoms with Crippen LogP contribution in [0.5, 0.6) is 0 Å². The number of benzene rings is 1. The molecule has 2 fully saturated rings. The van der Waals surface area contributed by atoms with E-state index in [4.69, 9.17) is 16.0 Å². The molecule has 1 N–H and O–H groups in total. The van der Waals surface area contributed by atoms with Crippen LogP contribution in [0.4, 0.5) is 0 Å². The van der Waals surface area contributed by atoms with Crippen molar-refractivity contribution in [3.63, 3.8) is 0 Å². The zero-order valence-electron chi connectivity index (χ0n) is 18.1. The molecule has 2 aromatic rings. The second-order valence-electron chi connectivity index (χ2n) is 8.61. The Morgan fingerprint density at radius 2 is 1.90 bits per heavy atom. The first-order chi connectivity index (χ1) is 15.2. The number of hydrogen-bond donors (Lipinski definition) is 1. The predicted octanol–water partition coefficient (Wildman–Crippen LogP) is 3.59.